The molecule has 0 aliphatic heterocycles. The van der Waals surface area contributed by atoms with E-state index in [1.807, 2.05) is 31.2 Å². The molecule has 17 heavy (non-hydrogen) atoms. The van der Waals surface area contributed by atoms with Crippen LogP contribution in [0.5, 0.6) is 0 Å². The molecule has 1 rings (SSSR count). The van der Waals surface area contributed by atoms with Crippen molar-refractivity contribution in [3.63, 3.8) is 0 Å². The highest BCUT2D eigenvalue weighted by Crippen LogP contribution is 2.17. The van der Waals surface area contributed by atoms with E-state index in [1.165, 1.54) is 0 Å². The summed E-state index contributed by atoms with van der Waals surface area (Å²) in [7, 11) is 1.78. The number of hydrogen-bond donors (Lipinski definition) is 1. The molecule has 0 saturated heterocycles. The van der Waals surface area contributed by atoms with Gasteiger partial charge in [0.15, 0.2) is 0 Å². The lowest BCUT2D eigenvalue weighted by Crippen LogP contribution is -2.40. The Morgan fingerprint density at radius 1 is 1.47 bits per heavy atom. The van der Waals surface area contributed by atoms with Crippen molar-refractivity contribution in [3.05, 3.63) is 34.3 Å². The maximum atomic E-state index is 11.8. The second-order valence-corrected chi connectivity index (χ2v) is 4.65. The van der Waals surface area contributed by atoms with Crippen molar-refractivity contribution in [2.45, 2.75) is 25.9 Å². The highest BCUT2D eigenvalue weighted by atomic mass is 79.9. The lowest BCUT2D eigenvalue weighted by atomic mass is 10.2. The first-order chi connectivity index (χ1) is 7.56. The lowest BCUT2D eigenvalue weighted by molar-refractivity contribution is -0.131. The Labute approximate surface area is 117 Å². The smallest absolute Gasteiger partial charge is 0.239 e. The second kappa shape index (κ2) is 7.69. The molecule has 1 aromatic rings. The normalized spacial score (nSPS) is 11.5. The number of benzene rings is 1. The Morgan fingerprint density at radius 2 is 2.06 bits per heavy atom. The third-order valence-corrected chi connectivity index (χ3v) is 3.27. The predicted octanol–water partition coefficient (Wildman–Crippen LogP) is 2.57. The lowest BCUT2D eigenvalue weighted by Gasteiger charge is -2.21. The number of nitrogens with two attached hydrogens (primary N) is 1. The van der Waals surface area contributed by atoms with Gasteiger partial charge in [-0.1, -0.05) is 41.1 Å². The van der Waals surface area contributed by atoms with Gasteiger partial charge < -0.3 is 10.6 Å². The standard InChI is InChI=1S/C12H17BrN2O.ClH/c1-3-11(14)12(16)15(2)8-9-6-4-5-7-10(9)13;/h4-7,11H,3,8,14H2,1-2H3;1H/t11-;/m0./s1. The Balaban J connectivity index is 0.00000256. The molecule has 5 heteroatoms. The molecule has 0 aliphatic carbocycles. The molecule has 3 nitrogen and oxygen atoms in total. The van der Waals surface area contributed by atoms with Gasteiger partial charge in [0.1, 0.15) is 0 Å². The molecule has 1 atom stereocenters. The van der Waals surface area contributed by atoms with E-state index in [4.69, 9.17) is 5.73 Å². The summed E-state index contributed by atoms with van der Waals surface area (Å²) in [6.07, 6.45) is 0.666. The van der Waals surface area contributed by atoms with Gasteiger partial charge in [-0.25, -0.2) is 0 Å². The number of halogens is 2. The van der Waals surface area contributed by atoms with Crippen LogP contribution >= 0.6 is 28.3 Å². The highest BCUT2D eigenvalue weighted by Gasteiger charge is 2.16. The van der Waals surface area contributed by atoms with Crippen LogP contribution in [0.1, 0.15) is 18.9 Å². The van der Waals surface area contributed by atoms with Gasteiger partial charge in [0.25, 0.3) is 0 Å². The largest absolute Gasteiger partial charge is 0.340 e. The molecule has 0 fully saturated rings. The molecular weight excluding hydrogens is 304 g/mol. The molecule has 2 N–H and O–H groups in total. The molecule has 0 radical (unpaired) electrons. The van der Waals surface area contributed by atoms with Crippen LogP contribution < -0.4 is 5.73 Å². The van der Waals surface area contributed by atoms with Crippen molar-refractivity contribution >= 4 is 34.2 Å². The average Bonchev–Trinajstić information content (AvgIpc) is 2.30. The van der Waals surface area contributed by atoms with Gasteiger partial charge in [-0.3, -0.25) is 4.79 Å². The number of likely N-dealkylation sites (N-methyl/N-ethyl adjacent to an activating group) is 1. The number of carbonyl (C=O) groups excluding carboxylic acids is 1. The average molecular weight is 322 g/mol. The fourth-order valence-corrected chi connectivity index (χ4v) is 1.83. The van der Waals surface area contributed by atoms with Crippen LogP contribution in [0.4, 0.5) is 0 Å². The molecule has 96 valence electrons. The maximum Gasteiger partial charge on any atom is 0.239 e. The van der Waals surface area contributed by atoms with Gasteiger partial charge in [-0.15, -0.1) is 12.4 Å². The highest BCUT2D eigenvalue weighted by molar-refractivity contribution is 9.10. The quantitative estimate of drug-likeness (QED) is 0.926. The van der Waals surface area contributed by atoms with E-state index in [1.54, 1.807) is 11.9 Å². The predicted molar refractivity (Wildman–Crippen MR) is 76.1 cm³/mol. The topological polar surface area (TPSA) is 46.3 Å². The van der Waals surface area contributed by atoms with E-state index in [0.29, 0.717) is 13.0 Å². The summed E-state index contributed by atoms with van der Waals surface area (Å²) in [5, 5.41) is 0. The summed E-state index contributed by atoms with van der Waals surface area (Å²) in [5.74, 6) is -0.0155. The Kier molecular flexibility index (Phi) is 7.43. The first-order valence-electron chi connectivity index (χ1n) is 5.30. The van der Waals surface area contributed by atoms with E-state index in [-0.39, 0.29) is 18.3 Å². The fourth-order valence-electron chi connectivity index (χ4n) is 1.42. The minimum atomic E-state index is -0.396. The fraction of sp³-hybridized carbons (Fsp3) is 0.417. The van der Waals surface area contributed by atoms with E-state index in [0.717, 1.165) is 10.0 Å². The van der Waals surface area contributed by atoms with Gasteiger partial charge in [0.05, 0.1) is 6.04 Å². The summed E-state index contributed by atoms with van der Waals surface area (Å²) in [4.78, 5) is 13.4. The number of amides is 1. The van der Waals surface area contributed by atoms with Crippen LogP contribution in [0.15, 0.2) is 28.7 Å². The summed E-state index contributed by atoms with van der Waals surface area (Å²) >= 11 is 3.46. The summed E-state index contributed by atoms with van der Waals surface area (Å²) in [6.45, 7) is 2.49. The second-order valence-electron chi connectivity index (χ2n) is 3.80. The molecule has 1 amide bonds. The molecule has 0 unspecified atom stereocenters. The zero-order valence-corrected chi connectivity index (χ0v) is 12.4. The van der Waals surface area contributed by atoms with Gasteiger partial charge in [0.2, 0.25) is 5.91 Å². The van der Waals surface area contributed by atoms with Crippen molar-refractivity contribution in [2.75, 3.05) is 7.05 Å². The summed E-state index contributed by atoms with van der Waals surface area (Å²) in [6, 6.07) is 7.47. The molecule has 1 aromatic carbocycles. The zero-order valence-electron chi connectivity index (χ0n) is 10.0. The van der Waals surface area contributed by atoms with Gasteiger partial charge in [-0.05, 0) is 18.1 Å². The van der Waals surface area contributed by atoms with Crippen LogP contribution in [0.25, 0.3) is 0 Å². The van der Waals surface area contributed by atoms with Crippen LogP contribution in [-0.2, 0) is 11.3 Å². The summed E-state index contributed by atoms with van der Waals surface area (Å²) < 4.78 is 1.01. The zero-order chi connectivity index (χ0) is 12.1. The Morgan fingerprint density at radius 3 is 2.59 bits per heavy atom. The molecule has 0 bridgehead atoms. The number of carbonyl (C=O) groups is 1. The first-order valence-corrected chi connectivity index (χ1v) is 6.09. The van der Waals surface area contributed by atoms with Gasteiger partial charge >= 0.3 is 0 Å². The van der Waals surface area contributed by atoms with E-state index >= 15 is 0 Å². The maximum absolute atomic E-state index is 11.8. The number of nitrogens with zero attached hydrogens (tertiary/aromatic N) is 1. The molecule has 0 aliphatic rings. The Bertz CT molecular complexity index is 373. The van der Waals surface area contributed by atoms with Crippen molar-refractivity contribution in [1.29, 1.82) is 0 Å². The van der Waals surface area contributed by atoms with E-state index in [2.05, 4.69) is 15.9 Å². The molecule has 0 saturated carbocycles. The SMILES string of the molecule is CC[C@H](N)C(=O)N(C)Cc1ccccc1Br.Cl. The van der Waals surface area contributed by atoms with Crippen molar-refractivity contribution in [3.8, 4) is 0 Å². The Hall–Kier alpha value is -0.580. The van der Waals surface area contributed by atoms with Crippen molar-refractivity contribution < 1.29 is 4.79 Å². The third kappa shape index (κ3) is 4.66. The van der Waals surface area contributed by atoms with Gasteiger partial charge in [0, 0.05) is 18.1 Å². The van der Waals surface area contributed by atoms with Crippen molar-refractivity contribution in [1.82, 2.24) is 4.90 Å². The van der Waals surface area contributed by atoms with Crippen LogP contribution in [0, 0.1) is 0 Å². The van der Waals surface area contributed by atoms with Gasteiger partial charge in [-0.2, -0.15) is 0 Å². The molecule has 0 aromatic heterocycles. The molecule has 0 spiro atoms. The molecule has 0 heterocycles. The van der Waals surface area contributed by atoms with Crippen LogP contribution in [-0.4, -0.2) is 23.9 Å². The minimum absolute atomic E-state index is 0. The van der Waals surface area contributed by atoms with E-state index in [9.17, 15) is 4.79 Å². The first kappa shape index (κ1) is 16.4. The van der Waals surface area contributed by atoms with E-state index < -0.39 is 6.04 Å². The summed E-state index contributed by atoms with van der Waals surface area (Å²) in [5.41, 5.74) is 6.79. The van der Waals surface area contributed by atoms with Crippen LogP contribution in [0.2, 0.25) is 0 Å². The molecular formula is C12H18BrClN2O. The number of rotatable bonds is 4. The minimum Gasteiger partial charge on any atom is -0.340 e. The van der Waals surface area contributed by atoms with Crippen LogP contribution in [0.3, 0.4) is 0 Å². The third-order valence-electron chi connectivity index (χ3n) is 2.50. The van der Waals surface area contributed by atoms with Crippen molar-refractivity contribution in [2.24, 2.45) is 5.73 Å². The monoisotopic (exact) mass is 320 g/mol. The number of hydrogen-bond acceptors (Lipinski definition) is 2.